The van der Waals surface area contributed by atoms with Gasteiger partial charge in [-0.25, -0.2) is 0 Å². The lowest BCUT2D eigenvalue weighted by molar-refractivity contribution is -0.233. The molecule has 0 bridgehead atoms. The van der Waals surface area contributed by atoms with E-state index in [2.05, 4.69) is 4.74 Å². The van der Waals surface area contributed by atoms with Crippen LogP contribution >= 0.6 is 0 Å². The number of carbonyl (C=O) groups is 1. The van der Waals surface area contributed by atoms with Crippen molar-refractivity contribution in [1.82, 2.24) is 0 Å². The maximum absolute atomic E-state index is 13.4. The summed E-state index contributed by atoms with van der Waals surface area (Å²) in [6.07, 6.45) is -10.4. The van der Waals surface area contributed by atoms with Crippen LogP contribution in [0.1, 0.15) is 13.3 Å². The fraction of sp³-hybridized carbons (Fsp3) is 0.615. The lowest BCUT2D eigenvalue weighted by Gasteiger charge is -2.41. The monoisotopic (exact) mass is 332 g/mol. The Balaban J connectivity index is 3.53. The highest BCUT2D eigenvalue weighted by molar-refractivity contribution is 5.71. The number of carboxylic acid groups (broad SMARTS) is 1. The van der Waals surface area contributed by atoms with Gasteiger partial charge in [-0.15, -0.1) is 0 Å². The van der Waals surface area contributed by atoms with Gasteiger partial charge in [0.25, 0.3) is 0 Å². The Labute approximate surface area is 122 Å². The molecule has 0 amide bonds. The molecule has 9 heteroatoms. The third-order valence-corrected chi connectivity index (χ3v) is 3.68. The first-order chi connectivity index (χ1) is 9.85. The van der Waals surface area contributed by atoms with Gasteiger partial charge in [0.2, 0.25) is 0 Å². The predicted octanol–water partition coefficient (Wildman–Crippen LogP) is 3.72. The van der Waals surface area contributed by atoms with Gasteiger partial charge in [-0.05, 0) is 5.92 Å². The van der Waals surface area contributed by atoms with Crippen molar-refractivity contribution in [2.45, 2.75) is 25.7 Å². The largest absolute Gasteiger partial charge is 0.481 e. The molecular weight excluding hydrogens is 318 g/mol. The van der Waals surface area contributed by atoms with E-state index in [-0.39, 0.29) is 6.08 Å². The average Bonchev–Trinajstić information content (AvgIpc) is 2.30. The molecular formula is C13H14F6O3. The van der Waals surface area contributed by atoms with Crippen LogP contribution in [0.2, 0.25) is 0 Å². The molecule has 3 nitrogen and oxygen atoms in total. The number of carboxylic acids is 1. The van der Waals surface area contributed by atoms with Crippen LogP contribution in [-0.4, -0.2) is 37.1 Å². The highest BCUT2D eigenvalue weighted by atomic mass is 19.4. The van der Waals surface area contributed by atoms with Crippen LogP contribution in [0.25, 0.3) is 0 Å². The minimum atomic E-state index is -5.03. The van der Waals surface area contributed by atoms with E-state index in [1.807, 2.05) is 0 Å². The van der Waals surface area contributed by atoms with Crippen molar-refractivity contribution < 1.29 is 41.0 Å². The zero-order chi connectivity index (χ0) is 17.3. The van der Waals surface area contributed by atoms with Gasteiger partial charge in [0, 0.05) is 7.11 Å². The van der Waals surface area contributed by atoms with Gasteiger partial charge in [-0.3, -0.25) is 4.79 Å². The van der Waals surface area contributed by atoms with Gasteiger partial charge < -0.3 is 9.84 Å². The zero-order valence-electron chi connectivity index (χ0n) is 11.7. The number of allylic oxidation sites excluding steroid dienone is 2. The van der Waals surface area contributed by atoms with Gasteiger partial charge in [-0.2, -0.15) is 26.3 Å². The first-order valence-corrected chi connectivity index (χ1v) is 6.13. The molecule has 0 aromatic rings. The lowest BCUT2D eigenvalue weighted by Crippen LogP contribution is -2.48. The zero-order valence-corrected chi connectivity index (χ0v) is 11.7. The molecule has 0 aliphatic heterocycles. The molecule has 1 N–H and O–H groups in total. The van der Waals surface area contributed by atoms with Gasteiger partial charge in [-0.1, -0.05) is 24.6 Å². The molecule has 126 valence electrons. The molecule has 0 heterocycles. The molecule has 1 rings (SSSR count). The summed E-state index contributed by atoms with van der Waals surface area (Å²) in [5, 5.41) is 8.72. The van der Waals surface area contributed by atoms with E-state index in [0.29, 0.717) is 6.08 Å². The van der Waals surface area contributed by atoms with E-state index in [9.17, 15) is 31.1 Å². The number of rotatable bonds is 4. The first-order valence-electron chi connectivity index (χ1n) is 6.13. The number of halogens is 6. The number of hydrogen-bond acceptors (Lipinski definition) is 2. The van der Waals surface area contributed by atoms with Crippen molar-refractivity contribution in [1.29, 1.82) is 0 Å². The van der Waals surface area contributed by atoms with Gasteiger partial charge >= 0.3 is 18.3 Å². The molecule has 0 saturated carbocycles. The van der Waals surface area contributed by atoms with Gasteiger partial charge in [0.05, 0.1) is 18.6 Å². The number of hydrogen-bond donors (Lipinski definition) is 1. The molecule has 0 saturated heterocycles. The van der Waals surface area contributed by atoms with E-state index in [1.54, 1.807) is 0 Å². The molecule has 0 aromatic heterocycles. The second-order valence-corrected chi connectivity index (χ2v) is 5.08. The second-order valence-electron chi connectivity index (χ2n) is 5.08. The summed E-state index contributed by atoms with van der Waals surface area (Å²) in [6.45, 7) is 0.0130. The van der Waals surface area contributed by atoms with E-state index in [0.717, 1.165) is 14.0 Å². The van der Waals surface area contributed by atoms with Crippen LogP contribution in [0.5, 0.6) is 0 Å². The standard InChI is InChI=1S/C13H14F6O3/c1-7-8(4-10(20)21)3-9(12(14,15)16)5-11(7,6-22-2)13(17,18)19/h3,5,7H,4,6H2,1-2H3,(H,20,21). The van der Waals surface area contributed by atoms with Crippen LogP contribution in [0, 0.1) is 11.3 Å². The van der Waals surface area contributed by atoms with Crippen molar-refractivity contribution >= 4 is 5.97 Å². The molecule has 0 spiro atoms. The van der Waals surface area contributed by atoms with Crippen LogP contribution in [0.3, 0.4) is 0 Å². The van der Waals surface area contributed by atoms with Crippen LogP contribution in [-0.2, 0) is 9.53 Å². The Kier molecular flexibility index (Phi) is 5.01. The summed E-state index contributed by atoms with van der Waals surface area (Å²) in [6, 6.07) is 0. The minimum absolute atomic E-state index is 0.0898. The Morgan fingerprint density at radius 2 is 1.86 bits per heavy atom. The van der Waals surface area contributed by atoms with Crippen molar-refractivity contribution in [3.05, 3.63) is 23.3 Å². The summed E-state index contributed by atoms with van der Waals surface area (Å²) in [4.78, 5) is 10.7. The Hall–Kier alpha value is -1.51. The van der Waals surface area contributed by atoms with Crippen molar-refractivity contribution in [2.24, 2.45) is 11.3 Å². The normalized spacial score (nSPS) is 26.5. The second kappa shape index (κ2) is 5.94. The highest BCUT2D eigenvalue weighted by Crippen LogP contribution is 2.53. The number of aliphatic carboxylic acids is 1. The third-order valence-electron chi connectivity index (χ3n) is 3.68. The summed E-state index contributed by atoms with van der Waals surface area (Å²) in [7, 11) is 0.941. The predicted molar refractivity (Wildman–Crippen MR) is 64.0 cm³/mol. The molecule has 1 aliphatic carbocycles. The van der Waals surface area contributed by atoms with E-state index in [4.69, 9.17) is 5.11 Å². The topological polar surface area (TPSA) is 46.5 Å². The fourth-order valence-corrected chi connectivity index (χ4v) is 2.46. The quantitative estimate of drug-likeness (QED) is 0.798. The smallest absolute Gasteiger partial charge is 0.416 e. The van der Waals surface area contributed by atoms with Crippen LogP contribution in [0.4, 0.5) is 26.3 Å². The summed E-state index contributed by atoms with van der Waals surface area (Å²) in [5.41, 5.74) is -4.89. The minimum Gasteiger partial charge on any atom is -0.481 e. The number of ether oxygens (including phenoxy) is 1. The van der Waals surface area contributed by atoms with E-state index in [1.165, 1.54) is 0 Å². The maximum atomic E-state index is 13.4. The third kappa shape index (κ3) is 3.45. The molecule has 0 radical (unpaired) electrons. The van der Waals surface area contributed by atoms with Crippen molar-refractivity contribution in [3.8, 4) is 0 Å². The van der Waals surface area contributed by atoms with E-state index >= 15 is 0 Å². The highest BCUT2D eigenvalue weighted by Gasteiger charge is 2.60. The Morgan fingerprint density at radius 3 is 2.23 bits per heavy atom. The van der Waals surface area contributed by atoms with Crippen molar-refractivity contribution in [2.75, 3.05) is 13.7 Å². The molecule has 1 aliphatic rings. The summed E-state index contributed by atoms with van der Waals surface area (Å²) >= 11 is 0. The van der Waals surface area contributed by atoms with Crippen molar-refractivity contribution in [3.63, 3.8) is 0 Å². The Morgan fingerprint density at radius 1 is 1.32 bits per heavy atom. The summed E-state index contributed by atoms with van der Waals surface area (Å²) < 4.78 is 83.5. The van der Waals surface area contributed by atoms with Gasteiger partial charge in [0.1, 0.15) is 5.41 Å². The summed E-state index contributed by atoms with van der Waals surface area (Å²) in [5.74, 6) is -3.00. The fourth-order valence-electron chi connectivity index (χ4n) is 2.46. The van der Waals surface area contributed by atoms with Crippen LogP contribution < -0.4 is 0 Å². The van der Waals surface area contributed by atoms with Gasteiger partial charge in [0.15, 0.2) is 0 Å². The van der Waals surface area contributed by atoms with E-state index < -0.39 is 53.8 Å². The lowest BCUT2D eigenvalue weighted by atomic mass is 9.67. The SMILES string of the molecule is COCC1(C(F)(F)F)C=C(C(F)(F)F)C=C(CC(=O)O)C1C. The molecule has 2 unspecified atom stereocenters. The number of methoxy groups -OCH3 is 1. The molecule has 2 atom stereocenters. The number of alkyl halides is 6. The molecule has 22 heavy (non-hydrogen) atoms. The maximum Gasteiger partial charge on any atom is 0.416 e. The first kappa shape index (κ1) is 18.5. The molecule has 0 fully saturated rings. The van der Waals surface area contributed by atoms with Crippen LogP contribution in [0.15, 0.2) is 23.3 Å². The Bertz CT molecular complexity index is 503. The molecule has 0 aromatic carbocycles. The average molecular weight is 332 g/mol.